The lowest BCUT2D eigenvalue weighted by atomic mass is 9.56. The summed E-state index contributed by atoms with van der Waals surface area (Å²) in [6.45, 7) is 1.72. The first-order chi connectivity index (χ1) is 17.9. The number of imide groups is 2. The van der Waals surface area contributed by atoms with Gasteiger partial charge in [-0.1, -0.05) is 35.4 Å². The van der Waals surface area contributed by atoms with Crippen LogP contribution in [0.25, 0.3) is 0 Å². The number of phenolic OH excluding ortho intramolecular Hbond substituents is 1. The Labute approximate surface area is 233 Å². The highest BCUT2D eigenvalue weighted by Gasteiger charge is 2.75. The molecule has 4 aliphatic rings. The molecule has 2 saturated heterocycles. The van der Waals surface area contributed by atoms with Crippen molar-refractivity contribution in [3.05, 3.63) is 70.3 Å². The maximum atomic E-state index is 13.9. The molecule has 0 bridgehead atoms. The minimum absolute atomic E-state index is 0.0684. The molecule has 6 atom stereocenters. The van der Waals surface area contributed by atoms with E-state index in [1.807, 2.05) is 6.08 Å². The number of carbonyl (C=O) groups is 4. The van der Waals surface area contributed by atoms with E-state index < -0.39 is 45.2 Å². The molecular weight excluding hydrogens is 551 g/mol. The van der Waals surface area contributed by atoms with Gasteiger partial charge in [0.05, 0.1) is 17.5 Å². The Bertz CT molecular complexity index is 1470. The molecule has 4 amide bonds. The number of aromatic hydroxyl groups is 1. The molecule has 6 rings (SSSR count). The fourth-order valence-electron chi connectivity index (χ4n) is 6.82. The predicted octanol–water partition coefficient (Wildman–Crippen LogP) is 4.55. The fraction of sp³-hybridized carbons (Fsp3) is 0.357. The highest BCUT2D eigenvalue weighted by atomic mass is 35.5. The number of likely N-dealkylation sites (tertiary alicyclic amines) is 1. The molecule has 2 heterocycles. The average Bonchev–Trinajstić information content (AvgIpc) is 3.21. The maximum absolute atomic E-state index is 13.9. The number of rotatable bonds is 2. The molecule has 196 valence electrons. The standard InChI is InChI=1S/C28H23Cl3N2O5/c1-13-11-14(3-10-20(13)34)22-17-8-9-18-21(24(36)33(23(18)35)16-6-4-15(29)5-7-16)19(17)12-27(30)25(37)32(2)26(38)28(22,27)31/h3-8,10-11,18-19,21-22,34H,9,12H2,1-2H3/t18-,19+,21-,22-,27+,28-/m0/s1. The summed E-state index contributed by atoms with van der Waals surface area (Å²) in [5.74, 6) is -4.76. The van der Waals surface area contributed by atoms with Crippen LogP contribution in [0.1, 0.15) is 29.9 Å². The van der Waals surface area contributed by atoms with Crippen LogP contribution in [0.4, 0.5) is 5.69 Å². The lowest BCUT2D eigenvalue weighted by Gasteiger charge is -2.50. The maximum Gasteiger partial charge on any atom is 0.253 e. The first-order valence-corrected chi connectivity index (χ1v) is 13.4. The summed E-state index contributed by atoms with van der Waals surface area (Å²) >= 11 is 20.3. The highest BCUT2D eigenvalue weighted by Crippen LogP contribution is 2.65. The lowest BCUT2D eigenvalue weighted by Crippen LogP contribution is -2.60. The number of fused-ring (bicyclic) bond motifs is 4. The van der Waals surface area contributed by atoms with E-state index in [1.165, 1.54) is 18.0 Å². The van der Waals surface area contributed by atoms with E-state index in [-0.39, 0.29) is 30.4 Å². The molecule has 2 aromatic carbocycles. The Morgan fingerprint density at radius 2 is 1.63 bits per heavy atom. The number of allylic oxidation sites excluding steroid dienone is 2. The molecule has 38 heavy (non-hydrogen) atoms. The molecule has 0 spiro atoms. The number of aryl methyl sites for hydroxylation is 1. The summed E-state index contributed by atoms with van der Waals surface area (Å²) in [7, 11) is 1.35. The van der Waals surface area contributed by atoms with Gasteiger partial charge in [0.25, 0.3) is 11.8 Å². The van der Waals surface area contributed by atoms with Crippen LogP contribution < -0.4 is 4.90 Å². The van der Waals surface area contributed by atoms with Gasteiger partial charge in [-0.2, -0.15) is 0 Å². The van der Waals surface area contributed by atoms with Crippen LogP contribution in [-0.4, -0.2) is 50.4 Å². The van der Waals surface area contributed by atoms with Gasteiger partial charge in [0.1, 0.15) is 5.75 Å². The first-order valence-electron chi connectivity index (χ1n) is 12.2. The van der Waals surface area contributed by atoms with E-state index in [0.717, 1.165) is 4.90 Å². The van der Waals surface area contributed by atoms with Crippen molar-refractivity contribution in [1.82, 2.24) is 4.90 Å². The van der Waals surface area contributed by atoms with Gasteiger partial charge in [-0.05, 0) is 67.1 Å². The monoisotopic (exact) mass is 572 g/mol. The molecular formula is C28H23Cl3N2O5. The molecule has 3 fully saturated rings. The van der Waals surface area contributed by atoms with Crippen LogP contribution in [-0.2, 0) is 19.2 Å². The van der Waals surface area contributed by atoms with Crippen molar-refractivity contribution < 1.29 is 24.3 Å². The van der Waals surface area contributed by atoms with Gasteiger partial charge < -0.3 is 5.11 Å². The molecule has 10 heteroatoms. The van der Waals surface area contributed by atoms with Crippen LogP contribution in [0.5, 0.6) is 5.75 Å². The number of hydrogen-bond acceptors (Lipinski definition) is 5. The van der Waals surface area contributed by atoms with E-state index in [0.29, 0.717) is 27.4 Å². The van der Waals surface area contributed by atoms with Crippen molar-refractivity contribution in [3.63, 3.8) is 0 Å². The van der Waals surface area contributed by atoms with Crippen molar-refractivity contribution in [1.29, 1.82) is 0 Å². The third-order valence-corrected chi connectivity index (χ3v) is 10.3. The second-order valence-corrected chi connectivity index (χ2v) is 12.2. The second kappa shape index (κ2) is 8.31. The predicted molar refractivity (Wildman–Crippen MR) is 142 cm³/mol. The number of phenols is 1. The van der Waals surface area contributed by atoms with Gasteiger partial charge in [0, 0.05) is 18.0 Å². The van der Waals surface area contributed by atoms with Crippen molar-refractivity contribution in [2.75, 3.05) is 11.9 Å². The number of alkyl halides is 2. The molecule has 0 unspecified atom stereocenters. The Kier molecular flexibility index (Phi) is 5.56. The lowest BCUT2D eigenvalue weighted by molar-refractivity contribution is -0.138. The van der Waals surface area contributed by atoms with Crippen LogP contribution in [0.2, 0.25) is 5.02 Å². The van der Waals surface area contributed by atoms with Crippen LogP contribution in [0, 0.1) is 24.7 Å². The molecule has 2 aliphatic heterocycles. The van der Waals surface area contributed by atoms with E-state index in [4.69, 9.17) is 34.8 Å². The van der Waals surface area contributed by atoms with Gasteiger partial charge in [0.2, 0.25) is 11.8 Å². The molecule has 2 aliphatic carbocycles. The Hall–Kier alpha value is -2.87. The number of hydrogen-bond donors (Lipinski definition) is 1. The first kappa shape index (κ1) is 25.4. The molecule has 1 N–H and O–H groups in total. The zero-order valence-electron chi connectivity index (χ0n) is 20.5. The average molecular weight is 574 g/mol. The van der Waals surface area contributed by atoms with Crippen molar-refractivity contribution >= 4 is 64.1 Å². The minimum Gasteiger partial charge on any atom is -0.508 e. The van der Waals surface area contributed by atoms with E-state index >= 15 is 0 Å². The Morgan fingerprint density at radius 1 is 0.947 bits per heavy atom. The molecule has 0 radical (unpaired) electrons. The Balaban J connectivity index is 1.52. The number of carbonyl (C=O) groups excluding carboxylic acids is 4. The van der Waals surface area contributed by atoms with E-state index in [1.54, 1.807) is 43.3 Å². The number of halogens is 3. The number of amides is 4. The fourth-order valence-corrected chi connectivity index (χ4v) is 7.97. The summed E-state index contributed by atoms with van der Waals surface area (Å²) in [6, 6.07) is 11.3. The topological polar surface area (TPSA) is 95.0 Å². The van der Waals surface area contributed by atoms with Crippen LogP contribution in [0.15, 0.2) is 54.1 Å². The molecule has 0 aromatic heterocycles. The smallest absolute Gasteiger partial charge is 0.253 e. The summed E-state index contributed by atoms with van der Waals surface area (Å²) in [5.41, 5.74) is 2.28. The quantitative estimate of drug-likeness (QED) is 0.323. The van der Waals surface area contributed by atoms with Crippen molar-refractivity contribution in [2.24, 2.45) is 17.8 Å². The van der Waals surface area contributed by atoms with Gasteiger partial charge in [-0.3, -0.25) is 29.0 Å². The number of benzene rings is 2. The van der Waals surface area contributed by atoms with E-state index in [2.05, 4.69) is 0 Å². The SMILES string of the molecule is Cc1cc([C@H]2C3=CC[C@@H]4C(=O)N(c5ccc(Cl)cc5)C(=O)[C@@H]4[C@@H]3C[C@@]3(Cl)C(=O)N(C)C(=O)[C@@]23Cl)ccc1O. The zero-order chi connectivity index (χ0) is 27.3. The highest BCUT2D eigenvalue weighted by molar-refractivity contribution is 6.53. The summed E-state index contributed by atoms with van der Waals surface area (Å²) < 4.78 is 0. The molecule has 1 saturated carbocycles. The molecule has 7 nitrogen and oxygen atoms in total. The summed E-state index contributed by atoms with van der Waals surface area (Å²) in [4.78, 5) is 52.9. The van der Waals surface area contributed by atoms with E-state index in [9.17, 15) is 24.3 Å². The zero-order valence-corrected chi connectivity index (χ0v) is 22.7. The third-order valence-electron chi connectivity index (χ3n) is 8.65. The normalized spacial score (nSPS) is 34.3. The summed E-state index contributed by atoms with van der Waals surface area (Å²) in [6.07, 6.45) is 2.09. The second-order valence-electron chi connectivity index (χ2n) is 10.5. The van der Waals surface area contributed by atoms with Gasteiger partial charge in [-0.15, -0.1) is 23.2 Å². The Morgan fingerprint density at radius 3 is 2.29 bits per heavy atom. The third kappa shape index (κ3) is 3.09. The van der Waals surface area contributed by atoms with Crippen LogP contribution in [0.3, 0.4) is 0 Å². The van der Waals surface area contributed by atoms with Gasteiger partial charge in [0.15, 0.2) is 9.75 Å². The largest absolute Gasteiger partial charge is 0.508 e. The van der Waals surface area contributed by atoms with Gasteiger partial charge >= 0.3 is 0 Å². The van der Waals surface area contributed by atoms with Crippen molar-refractivity contribution in [3.8, 4) is 5.75 Å². The summed E-state index contributed by atoms with van der Waals surface area (Å²) in [5, 5.41) is 10.6. The van der Waals surface area contributed by atoms with Gasteiger partial charge in [-0.25, -0.2) is 0 Å². The number of anilines is 1. The molecule has 2 aromatic rings. The number of nitrogens with zero attached hydrogens (tertiary/aromatic N) is 2. The minimum atomic E-state index is -1.85. The van der Waals surface area contributed by atoms with Crippen molar-refractivity contribution in [2.45, 2.75) is 35.4 Å². The van der Waals surface area contributed by atoms with Crippen LogP contribution >= 0.6 is 34.8 Å².